The Labute approximate surface area is 121 Å². The van der Waals surface area contributed by atoms with Gasteiger partial charge in [-0.25, -0.2) is 4.99 Å². The predicted molar refractivity (Wildman–Crippen MR) is 83.7 cm³/mol. The normalized spacial score (nSPS) is 14.8. The Kier molecular flexibility index (Phi) is 4.94. The fourth-order valence-corrected chi connectivity index (χ4v) is 3.77. The third kappa shape index (κ3) is 3.79. The number of carbonyl (C=O) groups excluding carboxylic acids is 1. The van der Waals surface area contributed by atoms with Gasteiger partial charge in [0.15, 0.2) is 0 Å². The van der Waals surface area contributed by atoms with E-state index in [-0.39, 0.29) is 17.7 Å². The second kappa shape index (κ2) is 6.69. The molecule has 0 aliphatic carbocycles. The van der Waals surface area contributed by atoms with Crippen LogP contribution in [0.4, 0.5) is 5.69 Å². The molecule has 98 valence electrons. The second-order valence-electron chi connectivity index (χ2n) is 3.98. The minimum atomic E-state index is -0.190. The molecule has 0 radical (unpaired) electrons. The average molecular weight is 290 g/mol. The smallest absolute Gasteiger partial charge is 0.234 e. The highest BCUT2D eigenvalue weighted by Crippen LogP contribution is 2.35. The van der Waals surface area contributed by atoms with Gasteiger partial charge in [0.25, 0.3) is 0 Å². The Morgan fingerprint density at radius 3 is 3.21 bits per heavy atom. The molecule has 1 heterocycles. The van der Waals surface area contributed by atoms with Crippen molar-refractivity contribution >= 4 is 39.5 Å². The van der Waals surface area contributed by atoms with Crippen LogP contribution in [0, 0.1) is 12.3 Å². The summed E-state index contributed by atoms with van der Waals surface area (Å²) in [5.74, 6) is 3.25. The second-order valence-corrected chi connectivity index (χ2v) is 6.53. The quantitative estimate of drug-likeness (QED) is 0.870. The molecular weight excluding hydrogens is 276 g/mol. The van der Waals surface area contributed by atoms with Crippen molar-refractivity contribution in [3.05, 3.63) is 29.8 Å². The monoisotopic (exact) mass is 290 g/mol. The summed E-state index contributed by atoms with van der Waals surface area (Å²) in [7, 11) is 0. The van der Waals surface area contributed by atoms with Gasteiger partial charge in [0, 0.05) is 5.75 Å². The number of nitrogens with zero attached hydrogens (tertiary/aromatic N) is 1. The predicted octanol–water partition coefficient (Wildman–Crippen LogP) is 2.79. The summed E-state index contributed by atoms with van der Waals surface area (Å²) >= 11 is 3.14. The first-order chi connectivity index (χ1) is 9.20. The Morgan fingerprint density at radius 1 is 1.63 bits per heavy atom. The molecule has 3 nitrogen and oxygen atoms in total. The first-order valence-corrected chi connectivity index (χ1v) is 7.74. The number of thioether (sulfide) groups is 2. The van der Waals surface area contributed by atoms with Crippen LogP contribution in [-0.4, -0.2) is 22.1 Å². The summed E-state index contributed by atoms with van der Waals surface area (Å²) in [6.07, 6.45) is 5.11. The van der Waals surface area contributed by atoms with Crippen LogP contribution in [0.3, 0.4) is 0 Å². The molecule has 0 spiro atoms. The fourth-order valence-electron chi connectivity index (χ4n) is 1.56. The zero-order valence-corrected chi connectivity index (χ0v) is 12.2. The molecule has 5 heteroatoms. The highest BCUT2D eigenvalue weighted by molar-refractivity contribution is 8.39. The molecule has 0 fully saturated rings. The molecule has 0 saturated carbocycles. The molecule has 0 aromatic heterocycles. The van der Waals surface area contributed by atoms with Crippen molar-refractivity contribution in [1.82, 2.24) is 5.32 Å². The molecule has 1 aliphatic heterocycles. The number of amides is 1. The van der Waals surface area contributed by atoms with Crippen LogP contribution in [0.1, 0.15) is 12.5 Å². The number of hydrogen-bond acceptors (Lipinski definition) is 4. The van der Waals surface area contributed by atoms with Gasteiger partial charge >= 0.3 is 0 Å². The minimum Gasteiger partial charge on any atom is -0.344 e. The molecule has 1 aromatic rings. The number of nitrogens with one attached hydrogen (secondary N) is 1. The maximum atomic E-state index is 11.7. The zero-order valence-electron chi connectivity index (χ0n) is 10.6. The van der Waals surface area contributed by atoms with Gasteiger partial charge in [0.2, 0.25) is 5.91 Å². The van der Waals surface area contributed by atoms with Crippen LogP contribution in [0.5, 0.6) is 0 Å². The van der Waals surface area contributed by atoms with E-state index in [1.54, 1.807) is 11.8 Å². The van der Waals surface area contributed by atoms with Crippen molar-refractivity contribution in [2.24, 2.45) is 4.99 Å². The van der Waals surface area contributed by atoms with E-state index < -0.39 is 0 Å². The highest BCUT2D eigenvalue weighted by atomic mass is 32.2. The summed E-state index contributed by atoms with van der Waals surface area (Å²) in [5, 5.41) is 2.49. The molecular formula is C14H14N2OS2. The Bertz CT molecular complexity index is 549. The van der Waals surface area contributed by atoms with Crippen molar-refractivity contribution in [2.45, 2.75) is 17.9 Å². The van der Waals surface area contributed by atoms with Crippen molar-refractivity contribution in [3.8, 4) is 12.3 Å². The van der Waals surface area contributed by atoms with E-state index in [1.165, 1.54) is 17.3 Å². The van der Waals surface area contributed by atoms with Crippen molar-refractivity contribution < 1.29 is 4.79 Å². The van der Waals surface area contributed by atoms with Gasteiger partial charge in [-0.05, 0) is 18.6 Å². The van der Waals surface area contributed by atoms with Crippen LogP contribution < -0.4 is 5.32 Å². The summed E-state index contributed by atoms with van der Waals surface area (Å²) in [5.41, 5.74) is 2.24. The fraction of sp³-hybridized carbons (Fsp3) is 0.286. The maximum absolute atomic E-state index is 11.7. The van der Waals surface area contributed by atoms with Gasteiger partial charge in [0.1, 0.15) is 4.38 Å². The van der Waals surface area contributed by atoms with E-state index in [2.05, 4.69) is 22.3 Å². The van der Waals surface area contributed by atoms with Crippen LogP contribution in [0.25, 0.3) is 0 Å². The van der Waals surface area contributed by atoms with Crippen LogP contribution >= 0.6 is 23.5 Å². The maximum Gasteiger partial charge on any atom is 0.234 e. The SMILES string of the molecule is C#CCNC(=O)C(C)SC1=Nc2ccccc2CS1. The molecule has 2 rings (SSSR count). The van der Waals surface area contributed by atoms with Gasteiger partial charge in [-0.1, -0.05) is 47.6 Å². The summed E-state index contributed by atoms with van der Waals surface area (Å²) < 4.78 is 0.932. The van der Waals surface area contributed by atoms with E-state index in [0.717, 1.165) is 15.8 Å². The molecule has 0 bridgehead atoms. The first-order valence-electron chi connectivity index (χ1n) is 5.88. The first kappa shape index (κ1) is 14.0. The van der Waals surface area contributed by atoms with Crippen LogP contribution in [-0.2, 0) is 10.5 Å². The highest BCUT2D eigenvalue weighted by Gasteiger charge is 2.19. The standard InChI is InChI=1S/C14H14N2OS2/c1-3-8-15-13(17)10(2)19-14-16-12-7-5-4-6-11(12)9-18-14/h1,4-7,10H,8-9H2,2H3,(H,15,17). The van der Waals surface area contributed by atoms with E-state index in [9.17, 15) is 4.79 Å². The Hall–Kier alpha value is -1.38. The lowest BCUT2D eigenvalue weighted by Crippen LogP contribution is -2.31. The van der Waals surface area contributed by atoms with Crippen molar-refractivity contribution in [2.75, 3.05) is 6.54 Å². The molecule has 1 amide bonds. The van der Waals surface area contributed by atoms with E-state index in [0.29, 0.717) is 0 Å². The van der Waals surface area contributed by atoms with E-state index in [4.69, 9.17) is 6.42 Å². The van der Waals surface area contributed by atoms with Gasteiger partial charge in [-0.2, -0.15) is 0 Å². The third-order valence-electron chi connectivity index (χ3n) is 2.57. The lowest BCUT2D eigenvalue weighted by Gasteiger charge is -2.16. The van der Waals surface area contributed by atoms with Crippen LogP contribution in [0.15, 0.2) is 29.3 Å². The average Bonchev–Trinajstić information content (AvgIpc) is 2.44. The van der Waals surface area contributed by atoms with Gasteiger partial charge in [-0.3, -0.25) is 4.79 Å². The summed E-state index contributed by atoms with van der Waals surface area (Å²) in [6.45, 7) is 2.13. The number of para-hydroxylation sites is 1. The number of carbonyl (C=O) groups is 1. The van der Waals surface area contributed by atoms with Crippen molar-refractivity contribution in [3.63, 3.8) is 0 Å². The third-order valence-corrected chi connectivity index (χ3v) is 4.86. The Balaban J connectivity index is 1.99. The summed E-state index contributed by atoms with van der Waals surface area (Å²) in [6, 6.07) is 8.07. The number of fused-ring (bicyclic) bond motifs is 1. The molecule has 1 unspecified atom stereocenters. The molecule has 1 aliphatic rings. The number of benzene rings is 1. The minimum absolute atomic E-state index is 0.0508. The molecule has 19 heavy (non-hydrogen) atoms. The van der Waals surface area contributed by atoms with Gasteiger partial charge in [0.05, 0.1) is 17.5 Å². The molecule has 0 saturated heterocycles. The number of hydrogen-bond donors (Lipinski definition) is 1. The number of terminal acetylenes is 1. The number of rotatable bonds is 3. The molecule has 1 N–H and O–H groups in total. The topological polar surface area (TPSA) is 41.5 Å². The lowest BCUT2D eigenvalue weighted by atomic mass is 10.2. The van der Waals surface area contributed by atoms with E-state index in [1.807, 2.05) is 25.1 Å². The lowest BCUT2D eigenvalue weighted by molar-refractivity contribution is -0.120. The van der Waals surface area contributed by atoms with Crippen molar-refractivity contribution in [1.29, 1.82) is 0 Å². The zero-order chi connectivity index (χ0) is 13.7. The number of aliphatic imine (C=N–C) groups is 1. The Morgan fingerprint density at radius 2 is 2.42 bits per heavy atom. The molecule has 1 aromatic carbocycles. The van der Waals surface area contributed by atoms with Crippen LogP contribution in [0.2, 0.25) is 0 Å². The van der Waals surface area contributed by atoms with Gasteiger partial charge in [-0.15, -0.1) is 6.42 Å². The molecule has 1 atom stereocenters. The largest absolute Gasteiger partial charge is 0.344 e. The van der Waals surface area contributed by atoms with Gasteiger partial charge < -0.3 is 5.32 Å². The summed E-state index contributed by atoms with van der Waals surface area (Å²) in [4.78, 5) is 16.3. The van der Waals surface area contributed by atoms with E-state index >= 15 is 0 Å².